The van der Waals surface area contributed by atoms with Gasteiger partial charge in [-0.25, -0.2) is 0 Å². The van der Waals surface area contributed by atoms with E-state index in [1.165, 1.54) is 11.3 Å². The first-order valence-corrected chi connectivity index (χ1v) is 7.98. The molecule has 0 aliphatic rings. The van der Waals surface area contributed by atoms with Crippen molar-refractivity contribution in [1.29, 1.82) is 0 Å². The molecule has 3 nitrogen and oxygen atoms in total. The number of carbonyl (C=O) groups is 1. The van der Waals surface area contributed by atoms with Gasteiger partial charge in [0.05, 0.1) is 27.2 Å². The third-order valence-corrected chi connectivity index (χ3v) is 5.39. The first-order valence-electron chi connectivity index (χ1n) is 5.52. The van der Waals surface area contributed by atoms with Crippen molar-refractivity contribution in [3.63, 3.8) is 0 Å². The number of rotatable bonds is 4. The van der Waals surface area contributed by atoms with E-state index in [1.807, 2.05) is 30.0 Å². The predicted molar refractivity (Wildman–Crippen MR) is 80.4 cm³/mol. The third-order valence-electron chi connectivity index (χ3n) is 2.62. The maximum absolute atomic E-state index is 12.2. The van der Waals surface area contributed by atoms with E-state index < -0.39 is 0 Å². The SMILES string of the molecule is CCn1nc(C)c(Br)c1CC(=O)c1cc(Br)cs1. The first kappa shape index (κ1) is 14.0. The number of aryl methyl sites for hydroxylation is 2. The van der Waals surface area contributed by atoms with E-state index >= 15 is 0 Å². The Kier molecular flexibility index (Phi) is 4.40. The number of thiophene rings is 1. The molecule has 2 rings (SSSR count). The molecule has 2 heterocycles. The Bertz CT molecular complexity index is 589. The summed E-state index contributed by atoms with van der Waals surface area (Å²) in [5.41, 5.74) is 1.87. The molecule has 0 aliphatic heterocycles. The van der Waals surface area contributed by atoms with Crippen LogP contribution in [0.2, 0.25) is 0 Å². The Morgan fingerprint density at radius 3 is 2.78 bits per heavy atom. The fourth-order valence-electron chi connectivity index (χ4n) is 1.74. The van der Waals surface area contributed by atoms with Crippen LogP contribution in [0.1, 0.15) is 28.0 Å². The van der Waals surface area contributed by atoms with Gasteiger partial charge < -0.3 is 0 Å². The Morgan fingerprint density at radius 1 is 1.50 bits per heavy atom. The topological polar surface area (TPSA) is 34.9 Å². The second kappa shape index (κ2) is 5.67. The highest BCUT2D eigenvalue weighted by Crippen LogP contribution is 2.25. The van der Waals surface area contributed by atoms with E-state index in [1.54, 1.807) is 0 Å². The van der Waals surface area contributed by atoms with Crippen LogP contribution in [-0.4, -0.2) is 15.6 Å². The van der Waals surface area contributed by atoms with Crippen LogP contribution in [0.4, 0.5) is 0 Å². The summed E-state index contributed by atoms with van der Waals surface area (Å²) in [6.45, 7) is 4.73. The summed E-state index contributed by atoms with van der Waals surface area (Å²) in [5.74, 6) is 0.126. The summed E-state index contributed by atoms with van der Waals surface area (Å²) in [7, 11) is 0. The van der Waals surface area contributed by atoms with Gasteiger partial charge in [-0.05, 0) is 51.8 Å². The second-order valence-corrected chi connectivity index (χ2v) is 6.51. The molecule has 0 saturated carbocycles. The van der Waals surface area contributed by atoms with Crippen molar-refractivity contribution in [2.45, 2.75) is 26.8 Å². The van der Waals surface area contributed by atoms with Crippen LogP contribution < -0.4 is 0 Å². The van der Waals surface area contributed by atoms with Gasteiger partial charge in [0, 0.05) is 16.4 Å². The number of hydrogen-bond donors (Lipinski definition) is 0. The molecular formula is C12H12Br2N2OS. The lowest BCUT2D eigenvalue weighted by atomic mass is 10.2. The van der Waals surface area contributed by atoms with Gasteiger partial charge in [-0.2, -0.15) is 5.10 Å². The monoisotopic (exact) mass is 390 g/mol. The summed E-state index contributed by atoms with van der Waals surface area (Å²) >= 11 is 8.33. The van der Waals surface area contributed by atoms with E-state index in [-0.39, 0.29) is 5.78 Å². The number of ketones is 1. The minimum atomic E-state index is 0.126. The number of carbonyl (C=O) groups excluding carboxylic acids is 1. The van der Waals surface area contributed by atoms with Crippen molar-refractivity contribution in [3.8, 4) is 0 Å². The third kappa shape index (κ3) is 2.75. The quantitative estimate of drug-likeness (QED) is 0.731. The maximum atomic E-state index is 12.2. The van der Waals surface area contributed by atoms with Gasteiger partial charge in [0.2, 0.25) is 0 Å². The molecule has 18 heavy (non-hydrogen) atoms. The summed E-state index contributed by atoms with van der Waals surface area (Å²) < 4.78 is 3.77. The van der Waals surface area contributed by atoms with Gasteiger partial charge >= 0.3 is 0 Å². The number of hydrogen-bond acceptors (Lipinski definition) is 3. The van der Waals surface area contributed by atoms with Crippen molar-refractivity contribution in [1.82, 2.24) is 9.78 Å². The summed E-state index contributed by atoms with van der Waals surface area (Å²) in [6.07, 6.45) is 0.377. The number of aromatic nitrogens is 2. The molecule has 0 aliphatic carbocycles. The molecule has 0 radical (unpaired) electrons. The largest absolute Gasteiger partial charge is 0.293 e. The number of halogens is 2. The molecule has 0 bridgehead atoms. The van der Waals surface area contributed by atoms with Crippen LogP contribution in [0.5, 0.6) is 0 Å². The van der Waals surface area contributed by atoms with Crippen LogP contribution in [0.15, 0.2) is 20.4 Å². The van der Waals surface area contributed by atoms with E-state index in [9.17, 15) is 4.79 Å². The lowest BCUT2D eigenvalue weighted by molar-refractivity contribution is 0.0994. The maximum Gasteiger partial charge on any atom is 0.178 e. The molecule has 0 saturated heterocycles. The summed E-state index contributed by atoms with van der Waals surface area (Å²) in [4.78, 5) is 13.0. The molecule has 2 aromatic rings. The van der Waals surface area contributed by atoms with Gasteiger partial charge in [0.1, 0.15) is 0 Å². The van der Waals surface area contributed by atoms with E-state index in [0.29, 0.717) is 6.42 Å². The highest BCUT2D eigenvalue weighted by atomic mass is 79.9. The summed E-state index contributed by atoms with van der Waals surface area (Å²) in [5, 5.41) is 6.31. The average Bonchev–Trinajstić information content (AvgIpc) is 2.88. The first-order chi connectivity index (χ1) is 8.52. The van der Waals surface area contributed by atoms with Crippen molar-refractivity contribution >= 4 is 49.0 Å². The molecular weight excluding hydrogens is 380 g/mol. The van der Waals surface area contributed by atoms with Crippen molar-refractivity contribution in [3.05, 3.63) is 36.7 Å². The highest BCUT2D eigenvalue weighted by Gasteiger charge is 2.17. The van der Waals surface area contributed by atoms with Gasteiger partial charge in [0.25, 0.3) is 0 Å². The normalized spacial score (nSPS) is 10.9. The molecule has 0 fully saturated rings. The Balaban J connectivity index is 2.26. The smallest absolute Gasteiger partial charge is 0.178 e. The molecule has 0 amide bonds. The van der Waals surface area contributed by atoms with E-state index in [4.69, 9.17) is 0 Å². The standard InChI is InChI=1S/C12H12Br2N2OS/c1-3-16-9(12(14)7(2)15-16)5-10(17)11-4-8(13)6-18-11/h4,6H,3,5H2,1-2H3. The molecule has 0 spiro atoms. The average molecular weight is 392 g/mol. The van der Waals surface area contributed by atoms with Gasteiger partial charge in [-0.1, -0.05) is 0 Å². The molecule has 0 atom stereocenters. The Hall–Kier alpha value is -0.460. The van der Waals surface area contributed by atoms with Crippen LogP contribution >= 0.6 is 43.2 Å². The Labute approximate surface area is 126 Å². The van der Waals surface area contributed by atoms with Crippen molar-refractivity contribution in [2.75, 3.05) is 0 Å². The van der Waals surface area contributed by atoms with E-state index in [2.05, 4.69) is 37.0 Å². The van der Waals surface area contributed by atoms with Crippen LogP contribution in [0, 0.1) is 6.92 Å². The lowest BCUT2D eigenvalue weighted by Gasteiger charge is -2.03. The Morgan fingerprint density at radius 2 is 2.22 bits per heavy atom. The van der Waals surface area contributed by atoms with Crippen LogP contribution in [-0.2, 0) is 13.0 Å². The van der Waals surface area contributed by atoms with Gasteiger partial charge in [0.15, 0.2) is 5.78 Å². The minimum Gasteiger partial charge on any atom is -0.293 e. The number of nitrogens with zero attached hydrogens (tertiary/aromatic N) is 2. The van der Waals surface area contributed by atoms with E-state index in [0.717, 1.165) is 31.8 Å². The fourth-order valence-corrected chi connectivity index (χ4v) is 3.53. The number of Topliss-reactive ketones (excluding diaryl/α,β-unsaturated/α-hetero) is 1. The molecule has 6 heteroatoms. The minimum absolute atomic E-state index is 0.126. The zero-order valence-electron chi connectivity index (χ0n) is 10.0. The molecule has 0 unspecified atom stereocenters. The van der Waals surface area contributed by atoms with Crippen molar-refractivity contribution in [2.24, 2.45) is 0 Å². The second-order valence-electron chi connectivity index (χ2n) is 3.89. The summed E-state index contributed by atoms with van der Waals surface area (Å²) in [6, 6.07) is 1.86. The van der Waals surface area contributed by atoms with Gasteiger partial charge in [-0.3, -0.25) is 9.48 Å². The van der Waals surface area contributed by atoms with Crippen molar-refractivity contribution < 1.29 is 4.79 Å². The molecule has 96 valence electrons. The molecule has 0 N–H and O–H groups in total. The highest BCUT2D eigenvalue weighted by molar-refractivity contribution is 9.10. The zero-order valence-corrected chi connectivity index (χ0v) is 14.0. The molecule has 2 aromatic heterocycles. The van der Waals surface area contributed by atoms with Gasteiger partial charge in [-0.15, -0.1) is 11.3 Å². The van der Waals surface area contributed by atoms with Crippen LogP contribution in [0.3, 0.4) is 0 Å². The molecule has 0 aromatic carbocycles. The van der Waals surface area contributed by atoms with Crippen LogP contribution in [0.25, 0.3) is 0 Å². The lowest BCUT2D eigenvalue weighted by Crippen LogP contribution is -2.09. The fraction of sp³-hybridized carbons (Fsp3) is 0.333. The predicted octanol–water partition coefficient (Wildman–Crippen LogP) is 4.22. The zero-order chi connectivity index (χ0) is 13.3.